The number of Topliss-reactive ketones (excluding diaryl/α,β-unsaturated/α-hetero) is 1. The van der Waals surface area contributed by atoms with Crippen LogP contribution in [0.15, 0.2) is 24.3 Å². The molecule has 1 aromatic carbocycles. The van der Waals surface area contributed by atoms with Crippen LogP contribution >= 0.6 is 0 Å². The number of fused-ring (bicyclic) bond motifs is 2. The monoisotopic (exact) mass is 361 g/mol. The van der Waals surface area contributed by atoms with Crippen molar-refractivity contribution in [3.05, 3.63) is 35.6 Å². The first-order chi connectivity index (χ1) is 12.4. The molecule has 1 unspecified atom stereocenters. The van der Waals surface area contributed by atoms with Crippen molar-refractivity contribution in [2.75, 3.05) is 0 Å². The van der Waals surface area contributed by atoms with Crippen molar-refractivity contribution in [1.82, 2.24) is 5.32 Å². The number of nitrogens with one attached hydrogen (secondary N) is 1. The van der Waals surface area contributed by atoms with E-state index < -0.39 is 12.0 Å². The molecule has 140 valence electrons. The lowest BCUT2D eigenvalue weighted by atomic mass is 9.67. The number of hydrogen-bond acceptors (Lipinski definition) is 4. The predicted octanol–water partition coefficient (Wildman–Crippen LogP) is 2.77. The van der Waals surface area contributed by atoms with Gasteiger partial charge in [0.2, 0.25) is 0 Å². The quantitative estimate of drug-likeness (QED) is 0.819. The summed E-state index contributed by atoms with van der Waals surface area (Å²) in [4.78, 5) is 36.6. The first-order valence-corrected chi connectivity index (χ1v) is 9.20. The maximum atomic E-state index is 12.9. The summed E-state index contributed by atoms with van der Waals surface area (Å²) in [5.41, 5.74) is 0.761. The van der Waals surface area contributed by atoms with Gasteiger partial charge in [-0.1, -0.05) is 18.6 Å². The van der Waals surface area contributed by atoms with Gasteiger partial charge in [0, 0.05) is 18.4 Å². The second-order valence-electron chi connectivity index (χ2n) is 7.32. The van der Waals surface area contributed by atoms with E-state index in [1.165, 1.54) is 19.1 Å². The largest absolute Gasteiger partial charge is 0.452 e. The summed E-state index contributed by atoms with van der Waals surface area (Å²) in [6.45, 7) is 1.77. The lowest BCUT2D eigenvalue weighted by Gasteiger charge is -2.36. The van der Waals surface area contributed by atoms with Gasteiger partial charge in [-0.2, -0.15) is 0 Å². The highest BCUT2D eigenvalue weighted by atomic mass is 19.1. The van der Waals surface area contributed by atoms with Crippen molar-refractivity contribution in [3.8, 4) is 0 Å². The molecular formula is C20H24FNO4. The van der Waals surface area contributed by atoms with E-state index in [2.05, 4.69) is 5.32 Å². The summed E-state index contributed by atoms with van der Waals surface area (Å²) in [7, 11) is 0. The number of carbonyl (C=O) groups excluding carboxylic acids is 3. The van der Waals surface area contributed by atoms with Crippen molar-refractivity contribution in [1.29, 1.82) is 0 Å². The molecule has 2 bridgehead atoms. The van der Waals surface area contributed by atoms with Crippen LogP contribution in [0, 0.1) is 23.6 Å². The molecule has 2 aliphatic rings. The zero-order valence-corrected chi connectivity index (χ0v) is 14.9. The summed E-state index contributed by atoms with van der Waals surface area (Å²) < 4.78 is 18.2. The SMILES string of the molecule is C[C@H](OC(=O)C1C[C@H]2CCC[C@@H](C1)C2=O)C(=O)NCc1ccc(F)cc1. The van der Waals surface area contributed by atoms with Crippen LogP contribution in [-0.2, 0) is 25.7 Å². The van der Waals surface area contributed by atoms with E-state index in [9.17, 15) is 18.8 Å². The van der Waals surface area contributed by atoms with Crippen LogP contribution in [0.4, 0.5) is 4.39 Å². The lowest BCUT2D eigenvalue weighted by Crippen LogP contribution is -2.42. The minimum absolute atomic E-state index is 0.0253. The Kier molecular flexibility index (Phi) is 5.69. The van der Waals surface area contributed by atoms with E-state index in [1.807, 2.05) is 0 Å². The lowest BCUT2D eigenvalue weighted by molar-refractivity contribution is -0.162. The summed E-state index contributed by atoms with van der Waals surface area (Å²) in [5.74, 6) is -1.17. The first-order valence-electron chi connectivity index (χ1n) is 9.20. The van der Waals surface area contributed by atoms with E-state index in [1.54, 1.807) is 12.1 Å². The molecule has 0 heterocycles. The highest BCUT2D eigenvalue weighted by molar-refractivity contribution is 5.88. The Morgan fingerprint density at radius 3 is 2.42 bits per heavy atom. The van der Waals surface area contributed by atoms with Gasteiger partial charge in [-0.25, -0.2) is 4.39 Å². The third-order valence-electron chi connectivity index (χ3n) is 5.42. The molecule has 5 nitrogen and oxygen atoms in total. The topological polar surface area (TPSA) is 72.5 Å². The van der Waals surface area contributed by atoms with E-state index in [-0.39, 0.29) is 36.1 Å². The van der Waals surface area contributed by atoms with Gasteiger partial charge in [0.1, 0.15) is 11.6 Å². The van der Waals surface area contributed by atoms with Gasteiger partial charge in [0.05, 0.1) is 5.92 Å². The molecule has 26 heavy (non-hydrogen) atoms. The maximum absolute atomic E-state index is 12.9. The average Bonchev–Trinajstić information content (AvgIpc) is 2.60. The molecule has 1 N–H and O–H groups in total. The van der Waals surface area contributed by atoms with Gasteiger partial charge in [-0.05, 0) is 50.3 Å². The normalized spacial score (nSPS) is 26.1. The molecule has 2 fully saturated rings. The number of esters is 1. The number of ketones is 1. The van der Waals surface area contributed by atoms with E-state index in [0.29, 0.717) is 18.6 Å². The minimum atomic E-state index is -0.902. The molecule has 2 aliphatic carbocycles. The van der Waals surface area contributed by atoms with Gasteiger partial charge in [-0.15, -0.1) is 0 Å². The molecule has 0 radical (unpaired) electrons. The number of halogens is 1. The maximum Gasteiger partial charge on any atom is 0.309 e. The van der Waals surface area contributed by atoms with Crippen molar-refractivity contribution in [2.24, 2.45) is 17.8 Å². The van der Waals surface area contributed by atoms with Crippen molar-refractivity contribution in [3.63, 3.8) is 0 Å². The second kappa shape index (κ2) is 7.98. The van der Waals surface area contributed by atoms with Gasteiger partial charge >= 0.3 is 5.97 Å². The third kappa shape index (κ3) is 4.29. The molecule has 6 heteroatoms. The molecule has 1 aromatic rings. The Balaban J connectivity index is 1.48. The highest BCUT2D eigenvalue weighted by Gasteiger charge is 2.42. The van der Waals surface area contributed by atoms with E-state index in [0.717, 1.165) is 24.8 Å². The Hall–Kier alpha value is -2.24. The molecule has 4 atom stereocenters. The number of benzene rings is 1. The van der Waals surface area contributed by atoms with Crippen LogP contribution in [0.3, 0.4) is 0 Å². The fraction of sp³-hybridized carbons (Fsp3) is 0.550. The summed E-state index contributed by atoms with van der Waals surface area (Å²) in [6, 6.07) is 5.83. The van der Waals surface area contributed by atoms with Crippen LogP contribution < -0.4 is 5.32 Å². The standard InChI is InChI=1S/C20H24FNO4/c1-12(19(24)22-11-13-5-7-17(21)8-6-13)26-20(25)16-9-14-3-2-4-15(10-16)18(14)23/h5-8,12,14-16H,2-4,9-11H2,1H3,(H,22,24)/t12-,14-,15+,16?/m0/s1. The molecular weight excluding hydrogens is 337 g/mol. The number of hydrogen-bond donors (Lipinski definition) is 1. The van der Waals surface area contributed by atoms with E-state index in [4.69, 9.17) is 4.74 Å². The molecule has 0 saturated heterocycles. The van der Waals surface area contributed by atoms with Crippen LogP contribution in [-0.4, -0.2) is 23.8 Å². The molecule has 3 rings (SSSR count). The number of amides is 1. The fourth-order valence-corrected chi connectivity index (χ4v) is 3.93. The average molecular weight is 361 g/mol. The summed E-state index contributed by atoms with van der Waals surface area (Å²) >= 11 is 0. The Bertz CT molecular complexity index is 672. The van der Waals surface area contributed by atoms with E-state index >= 15 is 0 Å². The van der Waals surface area contributed by atoms with Crippen LogP contribution in [0.1, 0.15) is 44.6 Å². The third-order valence-corrected chi connectivity index (χ3v) is 5.42. The first kappa shape index (κ1) is 18.5. The Morgan fingerprint density at radius 1 is 1.19 bits per heavy atom. The highest BCUT2D eigenvalue weighted by Crippen LogP contribution is 2.40. The number of rotatable bonds is 5. The number of ether oxygens (including phenoxy) is 1. The van der Waals surface area contributed by atoms with Crippen molar-refractivity contribution >= 4 is 17.7 Å². The molecule has 1 amide bonds. The fourth-order valence-electron chi connectivity index (χ4n) is 3.93. The summed E-state index contributed by atoms with van der Waals surface area (Å²) in [5, 5.41) is 2.68. The molecule has 2 saturated carbocycles. The predicted molar refractivity (Wildman–Crippen MR) is 92.4 cm³/mol. The van der Waals surface area contributed by atoms with Gasteiger partial charge < -0.3 is 10.1 Å². The second-order valence-corrected chi connectivity index (χ2v) is 7.32. The zero-order chi connectivity index (χ0) is 18.7. The Labute approximate surface area is 152 Å². The van der Waals surface area contributed by atoms with Crippen LogP contribution in [0.5, 0.6) is 0 Å². The van der Waals surface area contributed by atoms with Crippen molar-refractivity contribution < 1.29 is 23.5 Å². The Morgan fingerprint density at radius 2 is 1.81 bits per heavy atom. The minimum Gasteiger partial charge on any atom is -0.452 e. The smallest absolute Gasteiger partial charge is 0.309 e. The molecule has 0 aliphatic heterocycles. The van der Waals surface area contributed by atoms with Crippen molar-refractivity contribution in [2.45, 2.75) is 51.7 Å². The van der Waals surface area contributed by atoms with Crippen LogP contribution in [0.25, 0.3) is 0 Å². The van der Waals surface area contributed by atoms with Gasteiger partial charge in [-0.3, -0.25) is 14.4 Å². The number of carbonyl (C=O) groups is 3. The van der Waals surface area contributed by atoms with Gasteiger partial charge in [0.25, 0.3) is 5.91 Å². The van der Waals surface area contributed by atoms with Crippen LogP contribution in [0.2, 0.25) is 0 Å². The van der Waals surface area contributed by atoms with Gasteiger partial charge in [0.15, 0.2) is 6.10 Å². The molecule has 0 spiro atoms. The summed E-state index contributed by atoms with van der Waals surface area (Å²) in [6.07, 6.45) is 2.93. The zero-order valence-electron chi connectivity index (χ0n) is 14.9. The molecule has 0 aromatic heterocycles.